The van der Waals surface area contributed by atoms with E-state index in [0.29, 0.717) is 0 Å². The number of hydrogen-bond acceptors (Lipinski definition) is 1. The fourth-order valence-corrected chi connectivity index (χ4v) is 2.48. The number of benzene rings is 2. The summed E-state index contributed by atoms with van der Waals surface area (Å²) in [5, 5.41) is 10.2. The Bertz CT molecular complexity index is 625. The largest absolute Gasteiger partial charge is 0.388 e. The van der Waals surface area contributed by atoms with Gasteiger partial charge in [0.15, 0.2) is 0 Å². The summed E-state index contributed by atoms with van der Waals surface area (Å²) in [6.45, 7) is 0. The van der Waals surface area contributed by atoms with Gasteiger partial charge in [-0.2, -0.15) is 0 Å². The zero-order chi connectivity index (χ0) is 14.9. The first-order valence-corrected chi connectivity index (χ1v) is 6.82. The molecule has 2 rings (SSSR count). The highest BCUT2D eigenvalue weighted by Crippen LogP contribution is 2.28. The Balaban J connectivity index is 2.33. The molecule has 2 aromatic carbocycles. The Labute approximate surface area is 127 Å². The average Bonchev–Trinajstić information content (AvgIpc) is 2.32. The summed E-state index contributed by atoms with van der Waals surface area (Å²) in [4.78, 5) is 0. The molecular weight excluding hydrogens is 357 g/mol. The van der Waals surface area contributed by atoms with Crippen molar-refractivity contribution in [2.24, 2.45) is 0 Å². The van der Waals surface area contributed by atoms with E-state index in [2.05, 4.69) is 15.9 Å². The highest BCUT2D eigenvalue weighted by atomic mass is 79.9. The highest BCUT2D eigenvalue weighted by Gasteiger charge is 2.20. The molecule has 0 fully saturated rings. The number of rotatable bonds is 3. The summed E-state index contributed by atoms with van der Waals surface area (Å²) in [6.07, 6.45) is -1.78. The van der Waals surface area contributed by atoms with Gasteiger partial charge in [0.1, 0.15) is 17.5 Å². The molecule has 1 unspecified atom stereocenters. The summed E-state index contributed by atoms with van der Waals surface area (Å²) < 4.78 is 41.2. The van der Waals surface area contributed by atoms with Gasteiger partial charge in [-0.15, -0.1) is 0 Å². The van der Waals surface area contributed by atoms with Crippen LogP contribution in [0.2, 0.25) is 5.02 Å². The van der Waals surface area contributed by atoms with E-state index in [9.17, 15) is 18.3 Å². The lowest BCUT2D eigenvalue weighted by atomic mass is 10.00. The van der Waals surface area contributed by atoms with Crippen molar-refractivity contribution < 1.29 is 18.3 Å². The molecule has 0 aliphatic carbocycles. The number of hydrogen-bond donors (Lipinski definition) is 1. The first-order chi connectivity index (χ1) is 9.38. The maximum atomic E-state index is 13.7. The minimum atomic E-state index is -1.50. The molecule has 20 heavy (non-hydrogen) atoms. The maximum absolute atomic E-state index is 13.7. The molecule has 0 aliphatic rings. The lowest BCUT2D eigenvalue weighted by Gasteiger charge is -2.14. The molecule has 1 nitrogen and oxygen atoms in total. The van der Waals surface area contributed by atoms with Crippen LogP contribution in [0, 0.1) is 17.5 Å². The second-order valence-electron chi connectivity index (χ2n) is 4.24. The van der Waals surface area contributed by atoms with Crippen molar-refractivity contribution in [1.82, 2.24) is 0 Å². The lowest BCUT2D eigenvalue weighted by molar-refractivity contribution is 0.167. The molecule has 0 aromatic heterocycles. The number of aliphatic hydroxyl groups is 1. The van der Waals surface area contributed by atoms with Gasteiger partial charge in [-0.1, -0.05) is 27.5 Å². The third kappa shape index (κ3) is 3.34. The average molecular weight is 366 g/mol. The highest BCUT2D eigenvalue weighted by molar-refractivity contribution is 9.10. The molecule has 1 atom stereocenters. The summed E-state index contributed by atoms with van der Waals surface area (Å²) in [5.41, 5.74) is -0.403. The Kier molecular flexibility index (Phi) is 4.73. The van der Waals surface area contributed by atoms with Gasteiger partial charge in [-0.25, -0.2) is 13.2 Å². The van der Waals surface area contributed by atoms with Crippen molar-refractivity contribution in [3.63, 3.8) is 0 Å². The number of halogens is 5. The maximum Gasteiger partial charge on any atom is 0.133 e. The van der Waals surface area contributed by atoms with Crippen LogP contribution in [0.1, 0.15) is 17.2 Å². The topological polar surface area (TPSA) is 20.2 Å². The number of aliphatic hydroxyl groups excluding tert-OH is 1. The van der Waals surface area contributed by atoms with E-state index in [4.69, 9.17) is 11.6 Å². The van der Waals surface area contributed by atoms with E-state index < -0.39 is 29.1 Å². The van der Waals surface area contributed by atoms with Gasteiger partial charge in [0.25, 0.3) is 0 Å². The minimum absolute atomic E-state index is 0.0896. The van der Waals surface area contributed by atoms with Gasteiger partial charge in [-0.05, 0) is 35.9 Å². The summed E-state index contributed by atoms with van der Waals surface area (Å²) in [7, 11) is 0. The van der Waals surface area contributed by atoms with E-state index in [1.807, 2.05) is 0 Å². The van der Waals surface area contributed by atoms with Crippen molar-refractivity contribution in [2.45, 2.75) is 12.5 Å². The van der Waals surface area contributed by atoms with E-state index >= 15 is 0 Å². The van der Waals surface area contributed by atoms with Crippen molar-refractivity contribution in [3.05, 3.63) is 68.4 Å². The third-order valence-corrected chi connectivity index (χ3v) is 3.49. The van der Waals surface area contributed by atoms with Crippen LogP contribution in [0.5, 0.6) is 0 Å². The predicted octanol–water partition coefficient (Wildman–Crippen LogP) is 4.80. The molecule has 0 amide bonds. The Morgan fingerprint density at radius 1 is 1.05 bits per heavy atom. The molecule has 0 saturated carbocycles. The van der Waals surface area contributed by atoms with Gasteiger partial charge in [0, 0.05) is 15.9 Å². The second kappa shape index (κ2) is 6.16. The van der Waals surface area contributed by atoms with Crippen LogP contribution in [0.15, 0.2) is 34.8 Å². The molecule has 106 valence electrons. The fourth-order valence-electron chi connectivity index (χ4n) is 1.88. The normalized spacial score (nSPS) is 12.5. The second-order valence-corrected chi connectivity index (χ2v) is 5.59. The van der Waals surface area contributed by atoms with Crippen molar-refractivity contribution >= 4 is 27.5 Å². The molecule has 0 heterocycles. The van der Waals surface area contributed by atoms with Gasteiger partial charge in [0.05, 0.1) is 11.7 Å². The molecule has 0 saturated heterocycles. The van der Waals surface area contributed by atoms with Crippen molar-refractivity contribution in [3.8, 4) is 0 Å². The van der Waals surface area contributed by atoms with Crippen LogP contribution in [-0.4, -0.2) is 5.11 Å². The Morgan fingerprint density at radius 3 is 2.25 bits per heavy atom. The van der Waals surface area contributed by atoms with Crippen LogP contribution < -0.4 is 0 Å². The molecule has 0 radical (unpaired) electrons. The first-order valence-electron chi connectivity index (χ1n) is 5.65. The first kappa shape index (κ1) is 15.4. The van der Waals surface area contributed by atoms with E-state index in [-0.39, 0.29) is 21.5 Å². The zero-order valence-corrected chi connectivity index (χ0v) is 12.4. The van der Waals surface area contributed by atoms with Crippen LogP contribution in [0.25, 0.3) is 0 Å². The molecule has 0 aliphatic heterocycles. The van der Waals surface area contributed by atoms with Crippen LogP contribution in [-0.2, 0) is 6.42 Å². The van der Waals surface area contributed by atoms with Gasteiger partial charge < -0.3 is 5.11 Å². The standard InChI is InChI=1S/C14H9BrClF3O/c15-8-5-11(18)14(12(19)6-8)13(20)4-7-3-9(16)1-2-10(7)17/h1-3,5-6,13,20H,4H2. The van der Waals surface area contributed by atoms with Gasteiger partial charge >= 0.3 is 0 Å². The van der Waals surface area contributed by atoms with E-state index in [1.165, 1.54) is 12.1 Å². The predicted molar refractivity (Wildman–Crippen MR) is 74.1 cm³/mol. The summed E-state index contributed by atoms with van der Waals surface area (Å²) in [6, 6.07) is 5.88. The van der Waals surface area contributed by atoms with E-state index in [0.717, 1.165) is 18.2 Å². The molecule has 2 aromatic rings. The van der Waals surface area contributed by atoms with Gasteiger partial charge in [0.2, 0.25) is 0 Å². The van der Waals surface area contributed by atoms with Crippen LogP contribution >= 0.6 is 27.5 Å². The van der Waals surface area contributed by atoms with Crippen LogP contribution in [0.4, 0.5) is 13.2 Å². The van der Waals surface area contributed by atoms with Crippen molar-refractivity contribution in [1.29, 1.82) is 0 Å². The molecule has 1 N–H and O–H groups in total. The molecule has 0 bridgehead atoms. The smallest absolute Gasteiger partial charge is 0.133 e. The Morgan fingerprint density at radius 2 is 1.65 bits per heavy atom. The SMILES string of the molecule is OC(Cc1cc(Cl)ccc1F)c1c(F)cc(Br)cc1F. The van der Waals surface area contributed by atoms with Crippen LogP contribution in [0.3, 0.4) is 0 Å². The van der Waals surface area contributed by atoms with E-state index in [1.54, 1.807) is 0 Å². The summed E-state index contributed by atoms with van der Waals surface area (Å²) in [5.74, 6) is -2.38. The minimum Gasteiger partial charge on any atom is -0.388 e. The third-order valence-electron chi connectivity index (χ3n) is 2.80. The fraction of sp³-hybridized carbons (Fsp3) is 0.143. The Hall–Kier alpha value is -1.04. The summed E-state index contributed by atoms with van der Waals surface area (Å²) >= 11 is 8.67. The molecule has 6 heteroatoms. The zero-order valence-electron chi connectivity index (χ0n) is 10.0. The van der Waals surface area contributed by atoms with Crippen molar-refractivity contribution in [2.75, 3.05) is 0 Å². The molecular formula is C14H9BrClF3O. The molecule has 0 spiro atoms. The lowest BCUT2D eigenvalue weighted by Crippen LogP contribution is -2.08. The monoisotopic (exact) mass is 364 g/mol. The van der Waals surface area contributed by atoms with Gasteiger partial charge in [-0.3, -0.25) is 0 Å². The quantitative estimate of drug-likeness (QED) is 0.829.